The minimum Gasteiger partial charge on any atom is -0.462 e. The van der Waals surface area contributed by atoms with Gasteiger partial charge in [0.25, 0.3) is 0 Å². The zero-order valence-corrected chi connectivity index (χ0v) is 15.6. The molecule has 0 amide bonds. The number of aryl methyl sites for hydroxylation is 1. The first-order valence-electron chi connectivity index (χ1n) is 8.58. The molecule has 0 unspecified atom stereocenters. The summed E-state index contributed by atoms with van der Waals surface area (Å²) in [4.78, 5) is 15.6. The highest BCUT2D eigenvalue weighted by Crippen LogP contribution is 2.41. The molecule has 3 heterocycles. The van der Waals surface area contributed by atoms with E-state index in [2.05, 4.69) is 22.1 Å². The van der Waals surface area contributed by atoms with Gasteiger partial charge in [-0.05, 0) is 46.1 Å². The van der Waals surface area contributed by atoms with E-state index in [0.717, 1.165) is 46.5 Å². The zero-order chi connectivity index (χ0) is 17.7. The van der Waals surface area contributed by atoms with Gasteiger partial charge in [0.2, 0.25) is 5.16 Å². The normalized spacial score (nSPS) is 19.5. The monoisotopic (exact) mass is 359 g/mol. The van der Waals surface area contributed by atoms with Crippen LogP contribution in [-0.4, -0.2) is 43.4 Å². The zero-order valence-electron chi connectivity index (χ0n) is 14.8. The Morgan fingerprint density at radius 3 is 2.80 bits per heavy atom. The molecular formula is C17H21N5O2S. The van der Waals surface area contributed by atoms with Gasteiger partial charge in [0.1, 0.15) is 0 Å². The topological polar surface area (TPSA) is 85.2 Å². The van der Waals surface area contributed by atoms with Gasteiger partial charge in [0.05, 0.1) is 28.8 Å². The van der Waals surface area contributed by atoms with E-state index in [-0.39, 0.29) is 11.2 Å². The summed E-state index contributed by atoms with van der Waals surface area (Å²) in [6.45, 7) is 8.10. The van der Waals surface area contributed by atoms with Crippen molar-refractivity contribution in [3.05, 3.63) is 28.3 Å². The van der Waals surface area contributed by atoms with Crippen LogP contribution in [0.3, 0.4) is 0 Å². The molecule has 1 aliphatic heterocycles. The minimum absolute atomic E-state index is 0.121. The van der Waals surface area contributed by atoms with Gasteiger partial charge >= 0.3 is 5.97 Å². The predicted octanol–water partition coefficient (Wildman–Crippen LogP) is 3.02. The molecular weight excluding hydrogens is 338 g/mol. The van der Waals surface area contributed by atoms with Gasteiger partial charge in [-0.3, -0.25) is 0 Å². The van der Waals surface area contributed by atoms with Crippen LogP contribution in [0.2, 0.25) is 0 Å². The average Bonchev–Trinajstić information content (AvgIpc) is 3.26. The number of ether oxygens (including phenoxy) is 1. The number of nitrogens with zero attached hydrogens (tertiary/aromatic N) is 4. The van der Waals surface area contributed by atoms with E-state index in [1.54, 1.807) is 11.8 Å². The van der Waals surface area contributed by atoms with E-state index in [1.807, 2.05) is 25.4 Å². The van der Waals surface area contributed by atoms with Gasteiger partial charge in [-0.15, -0.1) is 10.2 Å². The Bertz CT molecular complexity index is 878. The molecule has 7 nitrogen and oxygen atoms in total. The van der Waals surface area contributed by atoms with Crippen LogP contribution in [0.15, 0.2) is 10.3 Å². The van der Waals surface area contributed by atoms with Crippen LogP contribution in [-0.2, 0) is 4.74 Å². The molecule has 25 heavy (non-hydrogen) atoms. The average molecular weight is 359 g/mol. The molecule has 0 radical (unpaired) electrons. The van der Waals surface area contributed by atoms with E-state index in [4.69, 9.17) is 9.84 Å². The van der Waals surface area contributed by atoms with Crippen LogP contribution >= 0.6 is 11.8 Å². The maximum absolute atomic E-state index is 12.3. The summed E-state index contributed by atoms with van der Waals surface area (Å²) in [6, 6.07) is 0. The first kappa shape index (κ1) is 16.4. The van der Waals surface area contributed by atoms with Gasteiger partial charge in [-0.2, -0.15) is 9.78 Å². The smallest absolute Gasteiger partial charge is 0.340 e. The molecule has 1 atom stereocenters. The number of fused-ring (bicyclic) bond motifs is 1. The fraction of sp³-hybridized carbons (Fsp3) is 0.529. The lowest BCUT2D eigenvalue weighted by atomic mass is 10.1. The molecule has 1 fully saturated rings. The maximum Gasteiger partial charge on any atom is 0.340 e. The van der Waals surface area contributed by atoms with Crippen LogP contribution in [0.25, 0.3) is 0 Å². The number of esters is 1. The van der Waals surface area contributed by atoms with Crippen LogP contribution < -0.4 is 0 Å². The molecule has 1 saturated carbocycles. The number of rotatable bonds is 4. The molecule has 0 bridgehead atoms. The van der Waals surface area contributed by atoms with Gasteiger partial charge in [-0.25, -0.2) is 4.79 Å². The number of aromatic amines is 1. The van der Waals surface area contributed by atoms with Gasteiger partial charge < -0.3 is 9.72 Å². The Kier molecular flexibility index (Phi) is 3.94. The molecule has 1 N–H and O–H groups in total. The fourth-order valence-corrected chi connectivity index (χ4v) is 4.13. The number of hydrogen-bond acceptors (Lipinski definition) is 6. The molecule has 0 aromatic carbocycles. The van der Waals surface area contributed by atoms with Crippen molar-refractivity contribution in [2.45, 2.75) is 56.9 Å². The van der Waals surface area contributed by atoms with Crippen molar-refractivity contribution in [3.8, 4) is 0 Å². The first-order chi connectivity index (χ1) is 12.0. The lowest BCUT2D eigenvalue weighted by molar-refractivity contribution is 0.0525. The number of hydrogen-bond donors (Lipinski definition) is 1. The summed E-state index contributed by atoms with van der Waals surface area (Å²) in [6.07, 6.45) is 2.30. The Balaban J connectivity index is 1.78. The highest BCUT2D eigenvalue weighted by molar-refractivity contribution is 8.00. The Labute approximate surface area is 150 Å². The van der Waals surface area contributed by atoms with Crippen LogP contribution in [0.4, 0.5) is 0 Å². The Morgan fingerprint density at radius 1 is 1.36 bits per heavy atom. The Hall–Kier alpha value is -2.09. The molecule has 0 spiro atoms. The third kappa shape index (κ3) is 2.68. The van der Waals surface area contributed by atoms with Crippen molar-refractivity contribution in [1.29, 1.82) is 0 Å². The van der Waals surface area contributed by atoms with Gasteiger partial charge in [-0.1, -0.05) is 11.8 Å². The number of thioether (sulfide) groups is 1. The second-order valence-corrected chi connectivity index (χ2v) is 7.83. The van der Waals surface area contributed by atoms with E-state index in [1.165, 1.54) is 0 Å². The third-order valence-electron chi connectivity index (χ3n) is 4.63. The molecule has 2 aliphatic rings. The van der Waals surface area contributed by atoms with Crippen molar-refractivity contribution in [2.24, 2.45) is 5.10 Å². The van der Waals surface area contributed by atoms with Crippen LogP contribution in [0.5, 0.6) is 0 Å². The number of H-pyrrole nitrogens is 1. The van der Waals surface area contributed by atoms with Crippen molar-refractivity contribution in [1.82, 2.24) is 19.9 Å². The highest BCUT2D eigenvalue weighted by Gasteiger charge is 2.35. The molecule has 2 aromatic heterocycles. The van der Waals surface area contributed by atoms with E-state index in [9.17, 15) is 4.79 Å². The molecule has 132 valence electrons. The summed E-state index contributed by atoms with van der Waals surface area (Å²) in [5.74, 6) is 1.13. The largest absolute Gasteiger partial charge is 0.462 e. The lowest BCUT2D eigenvalue weighted by Gasteiger charge is -2.19. The van der Waals surface area contributed by atoms with Crippen LogP contribution in [0, 0.1) is 13.8 Å². The number of aromatic nitrogens is 4. The SMILES string of the molecule is CCOC(=O)c1c(C)[nH]c(C2=Nn3c(nnc3C3CC3)S[C@H]2C)c1C. The lowest BCUT2D eigenvalue weighted by Crippen LogP contribution is -2.23. The predicted molar refractivity (Wildman–Crippen MR) is 95.5 cm³/mol. The highest BCUT2D eigenvalue weighted by atomic mass is 32.2. The summed E-state index contributed by atoms with van der Waals surface area (Å²) < 4.78 is 7.06. The quantitative estimate of drug-likeness (QED) is 0.848. The Morgan fingerprint density at radius 2 is 2.12 bits per heavy atom. The second kappa shape index (κ2) is 6.01. The standard InChI is InChI=1S/C17H21N5O2S/c1-5-24-16(23)12-8(2)13(18-9(12)3)14-10(4)25-17-20-19-15(11-6-7-11)22(17)21-14/h10-11,18H,5-7H2,1-4H3/t10-/m0/s1. The molecule has 2 aromatic rings. The molecule has 0 saturated heterocycles. The molecule has 8 heteroatoms. The van der Waals surface area contributed by atoms with E-state index in [0.29, 0.717) is 18.1 Å². The van der Waals surface area contributed by atoms with Gasteiger partial charge in [0, 0.05) is 11.6 Å². The summed E-state index contributed by atoms with van der Waals surface area (Å²) in [5.41, 5.74) is 4.10. The third-order valence-corrected chi connectivity index (χ3v) is 5.67. The fourth-order valence-electron chi connectivity index (χ4n) is 3.21. The second-order valence-electron chi connectivity index (χ2n) is 6.52. The van der Waals surface area contributed by atoms with Crippen molar-refractivity contribution >= 4 is 23.4 Å². The molecule has 1 aliphatic carbocycles. The van der Waals surface area contributed by atoms with Crippen molar-refractivity contribution in [3.63, 3.8) is 0 Å². The van der Waals surface area contributed by atoms with Crippen molar-refractivity contribution < 1.29 is 9.53 Å². The first-order valence-corrected chi connectivity index (χ1v) is 9.46. The van der Waals surface area contributed by atoms with Crippen LogP contribution in [0.1, 0.15) is 65.7 Å². The number of carbonyl (C=O) groups excluding carboxylic acids is 1. The maximum atomic E-state index is 12.3. The van der Waals surface area contributed by atoms with E-state index >= 15 is 0 Å². The summed E-state index contributed by atoms with van der Waals surface area (Å²) in [7, 11) is 0. The van der Waals surface area contributed by atoms with E-state index < -0.39 is 0 Å². The summed E-state index contributed by atoms with van der Waals surface area (Å²) >= 11 is 1.65. The van der Waals surface area contributed by atoms with Crippen molar-refractivity contribution in [2.75, 3.05) is 6.61 Å². The number of nitrogens with one attached hydrogen (secondary N) is 1. The minimum atomic E-state index is -0.291. The number of carbonyl (C=O) groups is 1. The van der Waals surface area contributed by atoms with Gasteiger partial charge in [0.15, 0.2) is 5.82 Å². The molecule has 4 rings (SSSR count). The summed E-state index contributed by atoms with van der Waals surface area (Å²) in [5, 5.41) is 14.4.